The number of sulfonamides is 1. The quantitative estimate of drug-likeness (QED) is 0.513. The van der Waals surface area contributed by atoms with Crippen molar-refractivity contribution in [1.29, 1.82) is 0 Å². The highest BCUT2D eigenvalue weighted by molar-refractivity contribution is 7.89. The third-order valence-electron chi connectivity index (χ3n) is 1.47. The molecule has 2 N–H and O–H groups in total. The molecule has 6 heteroatoms. The maximum atomic E-state index is 11.2. The lowest BCUT2D eigenvalue weighted by Crippen LogP contribution is -2.31. The summed E-state index contributed by atoms with van der Waals surface area (Å²) in [6.07, 6.45) is 0.704. The van der Waals surface area contributed by atoms with Gasteiger partial charge in [0.15, 0.2) is 0 Å². The second-order valence-corrected chi connectivity index (χ2v) is 4.59. The molecule has 0 bridgehead atoms. The van der Waals surface area contributed by atoms with Crippen LogP contribution in [0.4, 0.5) is 0 Å². The fourth-order valence-electron chi connectivity index (χ4n) is 0.753. The second kappa shape index (κ2) is 7.25. The highest BCUT2D eigenvalue weighted by Gasteiger charge is 2.07. The molecule has 0 spiro atoms. The molecule has 0 aromatic rings. The predicted octanol–water partition coefficient (Wildman–Crippen LogP) is -0.838. The van der Waals surface area contributed by atoms with E-state index in [1.807, 2.05) is 0 Å². The van der Waals surface area contributed by atoms with Crippen LogP contribution in [0.25, 0.3) is 0 Å². The normalized spacial score (nSPS) is 11.8. The smallest absolute Gasteiger partial charge is 0.212 e. The summed E-state index contributed by atoms with van der Waals surface area (Å²) in [7, 11) is 0.223. The molecule has 0 amide bonds. The van der Waals surface area contributed by atoms with Crippen molar-refractivity contribution in [3.05, 3.63) is 0 Å². The Morgan fingerprint density at radius 2 is 2.00 bits per heavy atom. The number of hydrogen-bond acceptors (Lipinski definition) is 4. The molecule has 0 radical (unpaired) electrons. The van der Waals surface area contributed by atoms with Gasteiger partial charge in [0.1, 0.15) is 0 Å². The summed E-state index contributed by atoms with van der Waals surface area (Å²) in [5.74, 6) is 0.122. The van der Waals surface area contributed by atoms with Crippen LogP contribution >= 0.6 is 0 Å². The second-order valence-electron chi connectivity index (χ2n) is 2.66. The Morgan fingerprint density at radius 1 is 1.31 bits per heavy atom. The van der Waals surface area contributed by atoms with Crippen LogP contribution in [0.5, 0.6) is 0 Å². The average Bonchev–Trinajstić information content (AvgIpc) is 2.09. The third-order valence-corrected chi connectivity index (χ3v) is 2.85. The van der Waals surface area contributed by atoms with Gasteiger partial charge in [0.2, 0.25) is 10.0 Å². The summed E-state index contributed by atoms with van der Waals surface area (Å²) in [5.41, 5.74) is 0. The molecule has 0 aliphatic rings. The summed E-state index contributed by atoms with van der Waals surface area (Å²) < 4.78 is 29.6. The lowest BCUT2D eigenvalue weighted by molar-refractivity contribution is 0.196. The minimum absolute atomic E-state index is 0.122. The van der Waals surface area contributed by atoms with Crippen LogP contribution in [0.1, 0.15) is 6.42 Å². The highest BCUT2D eigenvalue weighted by atomic mass is 32.2. The van der Waals surface area contributed by atoms with Gasteiger partial charge in [-0.05, 0) is 13.5 Å². The summed E-state index contributed by atoms with van der Waals surface area (Å²) in [5, 5.41) is 2.78. The van der Waals surface area contributed by atoms with E-state index in [2.05, 4.69) is 10.0 Å². The zero-order valence-electron chi connectivity index (χ0n) is 8.17. The molecule has 0 fully saturated rings. The van der Waals surface area contributed by atoms with Crippen LogP contribution in [-0.4, -0.2) is 48.0 Å². The van der Waals surface area contributed by atoms with Crippen LogP contribution in [0.2, 0.25) is 0 Å². The van der Waals surface area contributed by atoms with Crippen molar-refractivity contribution >= 4 is 10.0 Å². The molecule has 0 saturated carbocycles. The van der Waals surface area contributed by atoms with E-state index < -0.39 is 10.0 Å². The minimum atomic E-state index is -3.09. The molecule has 0 unspecified atom stereocenters. The lowest BCUT2D eigenvalue weighted by Gasteiger charge is -2.05. The molecule has 5 nitrogen and oxygen atoms in total. The first kappa shape index (κ1) is 12.8. The monoisotopic (exact) mass is 210 g/mol. The van der Waals surface area contributed by atoms with Gasteiger partial charge in [0.25, 0.3) is 0 Å². The molecule has 0 aliphatic carbocycles. The van der Waals surface area contributed by atoms with Gasteiger partial charge in [-0.2, -0.15) is 0 Å². The molecule has 0 saturated heterocycles. The van der Waals surface area contributed by atoms with E-state index in [1.54, 1.807) is 14.2 Å². The first-order valence-corrected chi connectivity index (χ1v) is 5.88. The van der Waals surface area contributed by atoms with E-state index in [0.29, 0.717) is 26.1 Å². The summed E-state index contributed by atoms with van der Waals surface area (Å²) in [6, 6.07) is 0. The zero-order valence-corrected chi connectivity index (χ0v) is 8.99. The average molecular weight is 210 g/mol. The number of ether oxygens (including phenoxy) is 1. The molecule has 80 valence electrons. The molecular weight excluding hydrogens is 192 g/mol. The van der Waals surface area contributed by atoms with Crippen molar-refractivity contribution in [3.8, 4) is 0 Å². The standard InChI is InChI=1S/C7H18N2O3S/c1-8-5-7-13(10,11)9-4-3-6-12-2/h8-9H,3-7H2,1-2H3. The van der Waals surface area contributed by atoms with E-state index in [0.717, 1.165) is 0 Å². The molecule has 0 aromatic heterocycles. The van der Waals surface area contributed by atoms with Crippen molar-refractivity contribution in [2.75, 3.05) is 39.6 Å². The van der Waals surface area contributed by atoms with E-state index in [1.165, 1.54) is 0 Å². The predicted molar refractivity (Wildman–Crippen MR) is 52.2 cm³/mol. The Labute approximate surface area is 79.9 Å². The minimum Gasteiger partial charge on any atom is -0.385 e. The van der Waals surface area contributed by atoms with Gasteiger partial charge in [-0.1, -0.05) is 0 Å². The Balaban J connectivity index is 3.52. The Kier molecular flexibility index (Phi) is 7.16. The fraction of sp³-hybridized carbons (Fsp3) is 1.00. The number of methoxy groups -OCH3 is 1. The molecule has 0 rings (SSSR count). The van der Waals surface area contributed by atoms with Gasteiger partial charge in [0.05, 0.1) is 5.75 Å². The largest absolute Gasteiger partial charge is 0.385 e. The number of hydrogen-bond donors (Lipinski definition) is 2. The Morgan fingerprint density at radius 3 is 2.54 bits per heavy atom. The third kappa shape index (κ3) is 8.17. The van der Waals surface area contributed by atoms with Crippen LogP contribution in [0.3, 0.4) is 0 Å². The van der Waals surface area contributed by atoms with Crippen LogP contribution in [0.15, 0.2) is 0 Å². The summed E-state index contributed by atoms with van der Waals surface area (Å²) in [4.78, 5) is 0. The Bertz CT molecular complexity index is 204. The molecule has 0 heterocycles. The van der Waals surface area contributed by atoms with E-state index >= 15 is 0 Å². The first-order chi connectivity index (χ1) is 6.12. The van der Waals surface area contributed by atoms with Crippen molar-refractivity contribution < 1.29 is 13.2 Å². The van der Waals surface area contributed by atoms with Gasteiger partial charge in [-0.15, -0.1) is 0 Å². The highest BCUT2D eigenvalue weighted by Crippen LogP contribution is 1.84. The fourth-order valence-corrected chi connectivity index (χ4v) is 1.83. The van der Waals surface area contributed by atoms with Gasteiger partial charge < -0.3 is 10.1 Å². The molecule has 0 aliphatic heterocycles. The maximum Gasteiger partial charge on any atom is 0.212 e. The zero-order chi connectivity index (χ0) is 10.2. The van der Waals surface area contributed by atoms with Crippen LogP contribution in [0, 0.1) is 0 Å². The number of nitrogens with one attached hydrogen (secondary N) is 2. The van der Waals surface area contributed by atoms with E-state index in [-0.39, 0.29) is 5.75 Å². The van der Waals surface area contributed by atoms with Crippen molar-refractivity contribution in [1.82, 2.24) is 10.0 Å². The SMILES string of the molecule is CNCCS(=O)(=O)NCCCOC. The molecule has 0 aromatic carbocycles. The van der Waals surface area contributed by atoms with Crippen molar-refractivity contribution in [3.63, 3.8) is 0 Å². The molecular formula is C7H18N2O3S. The lowest BCUT2D eigenvalue weighted by atomic mass is 10.5. The number of rotatable bonds is 8. The first-order valence-electron chi connectivity index (χ1n) is 4.23. The molecule has 0 atom stereocenters. The van der Waals surface area contributed by atoms with Crippen LogP contribution < -0.4 is 10.0 Å². The summed E-state index contributed by atoms with van der Waals surface area (Å²) in [6.45, 7) is 1.49. The van der Waals surface area contributed by atoms with Crippen LogP contribution in [-0.2, 0) is 14.8 Å². The summed E-state index contributed by atoms with van der Waals surface area (Å²) >= 11 is 0. The molecule has 13 heavy (non-hydrogen) atoms. The van der Waals surface area contributed by atoms with E-state index in [9.17, 15) is 8.42 Å². The van der Waals surface area contributed by atoms with Gasteiger partial charge >= 0.3 is 0 Å². The van der Waals surface area contributed by atoms with Gasteiger partial charge in [0, 0.05) is 26.8 Å². The van der Waals surface area contributed by atoms with Gasteiger partial charge in [-0.3, -0.25) is 0 Å². The Hall–Kier alpha value is -0.170. The van der Waals surface area contributed by atoms with Gasteiger partial charge in [-0.25, -0.2) is 13.1 Å². The van der Waals surface area contributed by atoms with Crippen molar-refractivity contribution in [2.24, 2.45) is 0 Å². The van der Waals surface area contributed by atoms with E-state index in [4.69, 9.17) is 4.74 Å². The van der Waals surface area contributed by atoms with Crippen molar-refractivity contribution in [2.45, 2.75) is 6.42 Å². The maximum absolute atomic E-state index is 11.2. The topological polar surface area (TPSA) is 67.4 Å².